The molecule has 0 aliphatic carbocycles. The number of rotatable bonds is 5. The number of nitro groups is 1. The molecule has 0 radical (unpaired) electrons. The molecule has 1 N–H and O–H groups in total. The predicted octanol–water partition coefficient (Wildman–Crippen LogP) is 2.92. The van der Waals surface area contributed by atoms with Crippen molar-refractivity contribution in [1.82, 2.24) is 4.98 Å². The van der Waals surface area contributed by atoms with Gasteiger partial charge in [-0.15, -0.1) is 0 Å². The van der Waals surface area contributed by atoms with Crippen molar-refractivity contribution in [3.8, 4) is 5.75 Å². The Bertz CT molecular complexity index is 612. The first-order chi connectivity index (χ1) is 9.60. The number of benzene rings is 1. The topological polar surface area (TPSA) is 77.3 Å². The van der Waals surface area contributed by atoms with E-state index in [-0.39, 0.29) is 5.69 Å². The van der Waals surface area contributed by atoms with Gasteiger partial charge in [-0.2, -0.15) is 0 Å². The minimum Gasteiger partial charge on any atom is -0.495 e. The number of nitrogens with one attached hydrogen (secondary N) is 1. The monoisotopic (exact) mass is 273 g/mol. The van der Waals surface area contributed by atoms with E-state index in [4.69, 9.17) is 4.74 Å². The van der Waals surface area contributed by atoms with Gasteiger partial charge in [0.05, 0.1) is 30.0 Å². The van der Waals surface area contributed by atoms with E-state index in [2.05, 4.69) is 10.3 Å². The van der Waals surface area contributed by atoms with Gasteiger partial charge in [0.1, 0.15) is 5.75 Å². The lowest BCUT2D eigenvalue weighted by Crippen LogP contribution is -2.03. The Kier molecular flexibility index (Phi) is 4.14. The molecule has 2 rings (SSSR count). The first-order valence-corrected chi connectivity index (χ1v) is 6.08. The summed E-state index contributed by atoms with van der Waals surface area (Å²) in [6.45, 7) is 2.44. The zero-order valence-electron chi connectivity index (χ0n) is 11.3. The summed E-state index contributed by atoms with van der Waals surface area (Å²) in [5.41, 5.74) is 2.53. The van der Waals surface area contributed by atoms with Crippen molar-refractivity contribution in [2.45, 2.75) is 13.5 Å². The molecule has 0 amide bonds. The minimum atomic E-state index is -0.436. The van der Waals surface area contributed by atoms with Gasteiger partial charge in [0.25, 0.3) is 5.69 Å². The summed E-state index contributed by atoms with van der Waals surface area (Å²) in [6.07, 6.45) is 1.78. The Morgan fingerprint density at radius 3 is 2.75 bits per heavy atom. The van der Waals surface area contributed by atoms with E-state index in [0.29, 0.717) is 18.0 Å². The molecule has 6 heteroatoms. The van der Waals surface area contributed by atoms with Crippen LogP contribution in [0.3, 0.4) is 0 Å². The third-order valence-corrected chi connectivity index (χ3v) is 2.83. The maximum absolute atomic E-state index is 10.8. The SMILES string of the molecule is COc1ccc([N+](=O)[O-])cc1NCc1ccc(C)cn1. The van der Waals surface area contributed by atoms with Crippen LogP contribution in [0.25, 0.3) is 0 Å². The average Bonchev–Trinajstić information content (AvgIpc) is 2.46. The highest BCUT2D eigenvalue weighted by atomic mass is 16.6. The van der Waals surface area contributed by atoms with Crippen LogP contribution in [0, 0.1) is 17.0 Å². The first-order valence-electron chi connectivity index (χ1n) is 6.08. The predicted molar refractivity (Wildman–Crippen MR) is 75.9 cm³/mol. The van der Waals surface area contributed by atoms with Crippen molar-refractivity contribution in [1.29, 1.82) is 0 Å². The second kappa shape index (κ2) is 6.01. The van der Waals surface area contributed by atoms with E-state index in [0.717, 1.165) is 11.3 Å². The molecule has 104 valence electrons. The summed E-state index contributed by atoms with van der Waals surface area (Å²) in [4.78, 5) is 14.6. The van der Waals surface area contributed by atoms with Crippen LogP contribution in [-0.2, 0) is 6.54 Å². The van der Waals surface area contributed by atoms with Gasteiger partial charge in [-0.1, -0.05) is 6.07 Å². The molecule has 2 aromatic rings. The number of nitrogens with zero attached hydrogens (tertiary/aromatic N) is 2. The number of hydrogen-bond donors (Lipinski definition) is 1. The summed E-state index contributed by atoms with van der Waals surface area (Å²) in [6, 6.07) is 8.31. The molecule has 0 fully saturated rings. The fourth-order valence-corrected chi connectivity index (χ4v) is 1.74. The molecule has 1 aromatic carbocycles. The Morgan fingerprint density at radius 2 is 2.15 bits per heavy atom. The molecule has 0 atom stereocenters. The smallest absolute Gasteiger partial charge is 0.271 e. The third kappa shape index (κ3) is 3.23. The Balaban J connectivity index is 2.16. The number of aryl methyl sites for hydroxylation is 1. The lowest BCUT2D eigenvalue weighted by atomic mass is 10.2. The fourth-order valence-electron chi connectivity index (χ4n) is 1.74. The number of anilines is 1. The molecule has 20 heavy (non-hydrogen) atoms. The van der Waals surface area contributed by atoms with Crippen LogP contribution in [0.15, 0.2) is 36.5 Å². The summed E-state index contributed by atoms with van der Waals surface area (Å²) in [5.74, 6) is 0.558. The van der Waals surface area contributed by atoms with Crippen LogP contribution in [0.1, 0.15) is 11.3 Å². The normalized spacial score (nSPS) is 10.1. The molecule has 0 aliphatic rings. The van der Waals surface area contributed by atoms with Gasteiger partial charge >= 0.3 is 0 Å². The third-order valence-electron chi connectivity index (χ3n) is 2.83. The molecule has 0 unspecified atom stereocenters. The molecule has 6 nitrogen and oxygen atoms in total. The van der Waals surface area contributed by atoms with Crippen molar-refractivity contribution >= 4 is 11.4 Å². The molecule has 0 spiro atoms. The second-order valence-corrected chi connectivity index (χ2v) is 4.32. The van der Waals surface area contributed by atoms with Crippen molar-refractivity contribution in [2.24, 2.45) is 0 Å². The number of aromatic nitrogens is 1. The van der Waals surface area contributed by atoms with E-state index in [1.807, 2.05) is 19.1 Å². The van der Waals surface area contributed by atoms with Crippen molar-refractivity contribution in [2.75, 3.05) is 12.4 Å². The van der Waals surface area contributed by atoms with Gasteiger partial charge < -0.3 is 10.1 Å². The number of hydrogen-bond acceptors (Lipinski definition) is 5. The van der Waals surface area contributed by atoms with E-state index >= 15 is 0 Å². The molecule has 1 aromatic heterocycles. The highest BCUT2D eigenvalue weighted by Gasteiger charge is 2.11. The van der Waals surface area contributed by atoms with Gasteiger partial charge in [0.15, 0.2) is 0 Å². The fraction of sp³-hybridized carbons (Fsp3) is 0.214. The first kappa shape index (κ1) is 13.8. The van der Waals surface area contributed by atoms with Crippen LogP contribution < -0.4 is 10.1 Å². The number of methoxy groups -OCH3 is 1. The quantitative estimate of drug-likeness (QED) is 0.669. The van der Waals surface area contributed by atoms with Gasteiger partial charge in [-0.25, -0.2) is 0 Å². The number of pyridine rings is 1. The van der Waals surface area contributed by atoms with Gasteiger partial charge in [0.2, 0.25) is 0 Å². The van der Waals surface area contributed by atoms with Crippen LogP contribution in [0.4, 0.5) is 11.4 Å². The van der Waals surface area contributed by atoms with Crippen LogP contribution in [0.5, 0.6) is 5.75 Å². The second-order valence-electron chi connectivity index (χ2n) is 4.32. The lowest BCUT2D eigenvalue weighted by molar-refractivity contribution is -0.384. The summed E-state index contributed by atoms with van der Waals surface area (Å²) in [7, 11) is 1.52. The maximum Gasteiger partial charge on any atom is 0.271 e. The standard InChI is InChI=1S/C14H15N3O3/c1-10-3-4-11(15-8-10)9-16-13-7-12(17(18)19)5-6-14(13)20-2/h3-8,16H,9H2,1-2H3. The van der Waals surface area contributed by atoms with Gasteiger partial charge in [-0.05, 0) is 24.6 Å². The van der Waals surface area contributed by atoms with E-state index < -0.39 is 4.92 Å². The van der Waals surface area contributed by atoms with Gasteiger partial charge in [-0.3, -0.25) is 15.1 Å². The van der Waals surface area contributed by atoms with Gasteiger partial charge in [0, 0.05) is 18.3 Å². The highest BCUT2D eigenvalue weighted by molar-refractivity contribution is 5.61. The lowest BCUT2D eigenvalue weighted by Gasteiger charge is -2.10. The average molecular weight is 273 g/mol. The number of non-ortho nitro benzene ring substituents is 1. The molecule has 0 saturated carbocycles. The molecular weight excluding hydrogens is 258 g/mol. The number of nitro benzene ring substituents is 1. The highest BCUT2D eigenvalue weighted by Crippen LogP contribution is 2.29. The Hall–Kier alpha value is -2.63. The van der Waals surface area contributed by atoms with E-state index in [1.54, 1.807) is 12.3 Å². The maximum atomic E-state index is 10.8. The van der Waals surface area contributed by atoms with Crippen molar-refractivity contribution < 1.29 is 9.66 Å². The number of ether oxygens (including phenoxy) is 1. The molecule has 0 aliphatic heterocycles. The van der Waals surface area contributed by atoms with Crippen molar-refractivity contribution in [3.05, 3.63) is 57.9 Å². The van der Waals surface area contributed by atoms with Crippen LogP contribution in [0.2, 0.25) is 0 Å². The van der Waals surface area contributed by atoms with E-state index in [9.17, 15) is 10.1 Å². The minimum absolute atomic E-state index is 0.0187. The Labute approximate surface area is 116 Å². The summed E-state index contributed by atoms with van der Waals surface area (Å²) in [5, 5.41) is 13.9. The Morgan fingerprint density at radius 1 is 1.35 bits per heavy atom. The largest absolute Gasteiger partial charge is 0.495 e. The molecule has 0 saturated heterocycles. The molecular formula is C14H15N3O3. The molecule has 0 bridgehead atoms. The van der Waals surface area contributed by atoms with Crippen LogP contribution in [-0.4, -0.2) is 17.0 Å². The summed E-state index contributed by atoms with van der Waals surface area (Å²) >= 11 is 0. The van der Waals surface area contributed by atoms with Crippen molar-refractivity contribution in [3.63, 3.8) is 0 Å². The molecule has 1 heterocycles. The zero-order chi connectivity index (χ0) is 14.5. The van der Waals surface area contributed by atoms with Crippen LogP contribution >= 0.6 is 0 Å². The summed E-state index contributed by atoms with van der Waals surface area (Å²) < 4.78 is 5.18. The zero-order valence-corrected chi connectivity index (χ0v) is 11.3. The van der Waals surface area contributed by atoms with E-state index in [1.165, 1.54) is 19.2 Å².